The molecule has 0 aliphatic rings. The summed E-state index contributed by atoms with van der Waals surface area (Å²) in [6.45, 7) is 6.95. The van der Waals surface area contributed by atoms with Gasteiger partial charge in [0.15, 0.2) is 0 Å². The fourth-order valence-corrected chi connectivity index (χ4v) is 2.84. The highest BCUT2D eigenvalue weighted by Crippen LogP contribution is 2.32. The topological polar surface area (TPSA) is 37.8 Å². The molecule has 102 valence electrons. The molecule has 0 atom stereocenters. The van der Waals surface area contributed by atoms with E-state index in [1.165, 1.54) is 17.4 Å². The predicted molar refractivity (Wildman–Crippen MR) is 79.6 cm³/mol. The van der Waals surface area contributed by atoms with Gasteiger partial charge in [0.1, 0.15) is 15.8 Å². The molecule has 0 amide bonds. The first-order valence-electron chi connectivity index (χ1n) is 5.88. The minimum absolute atomic E-state index is 0.0330. The summed E-state index contributed by atoms with van der Waals surface area (Å²) in [6, 6.07) is 4.91. The third-order valence-electron chi connectivity index (χ3n) is 2.42. The molecule has 2 rings (SSSR count). The molecule has 0 saturated heterocycles. The number of hydrogen-bond donors (Lipinski definition) is 1. The van der Waals surface area contributed by atoms with Gasteiger partial charge in [-0.25, -0.2) is 4.39 Å². The van der Waals surface area contributed by atoms with Crippen LogP contribution in [-0.2, 0) is 6.54 Å². The van der Waals surface area contributed by atoms with E-state index in [-0.39, 0.29) is 11.4 Å². The zero-order valence-corrected chi connectivity index (χ0v) is 13.4. The number of hydrogen-bond acceptors (Lipinski definition) is 4. The molecular formula is C13H15BrFN3S. The fourth-order valence-electron chi connectivity index (χ4n) is 1.44. The number of benzene rings is 1. The molecule has 1 heterocycles. The highest BCUT2D eigenvalue weighted by Gasteiger charge is 2.14. The van der Waals surface area contributed by atoms with Crippen LogP contribution in [0, 0.1) is 5.82 Å². The first kappa shape index (κ1) is 14.6. The van der Waals surface area contributed by atoms with E-state index < -0.39 is 0 Å². The maximum atomic E-state index is 13.5. The molecule has 0 saturated carbocycles. The number of halogens is 2. The van der Waals surface area contributed by atoms with Crippen molar-refractivity contribution in [1.82, 2.24) is 15.5 Å². The summed E-state index contributed by atoms with van der Waals surface area (Å²) in [4.78, 5) is 0. The molecule has 0 radical (unpaired) electrons. The van der Waals surface area contributed by atoms with Crippen LogP contribution in [0.1, 0.15) is 25.8 Å². The largest absolute Gasteiger partial charge is 0.306 e. The van der Waals surface area contributed by atoms with Gasteiger partial charge < -0.3 is 5.32 Å². The van der Waals surface area contributed by atoms with Gasteiger partial charge in [0.05, 0.1) is 11.0 Å². The second-order valence-corrected chi connectivity index (χ2v) is 7.06. The maximum absolute atomic E-state index is 13.5. The summed E-state index contributed by atoms with van der Waals surface area (Å²) >= 11 is 4.71. The van der Waals surface area contributed by atoms with E-state index in [4.69, 9.17) is 0 Å². The van der Waals surface area contributed by atoms with Crippen molar-refractivity contribution >= 4 is 27.3 Å². The number of nitrogens with zero attached hydrogens (tertiary/aromatic N) is 2. The van der Waals surface area contributed by atoms with Crippen molar-refractivity contribution in [1.29, 1.82) is 0 Å². The molecule has 19 heavy (non-hydrogen) atoms. The second-order valence-electron chi connectivity index (χ2n) is 5.21. The number of nitrogens with one attached hydrogen (secondary N) is 1. The van der Waals surface area contributed by atoms with Crippen LogP contribution in [0.5, 0.6) is 0 Å². The van der Waals surface area contributed by atoms with Crippen LogP contribution < -0.4 is 5.32 Å². The summed E-state index contributed by atoms with van der Waals surface area (Å²) in [7, 11) is 0. The Labute approximate surface area is 124 Å². The Bertz CT molecular complexity index is 578. The molecule has 1 N–H and O–H groups in total. The highest BCUT2D eigenvalue weighted by atomic mass is 79.9. The van der Waals surface area contributed by atoms with E-state index in [1.54, 1.807) is 6.07 Å². The number of rotatable bonds is 3. The van der Waals surface area contributed by atoms with Gasteiger partial charge in [0.2, 0.25) is 0 Å². The first-order chi connectivity index (χ1) is 8.87. The lowest BCUT2D eigenvalue weighted by Crippen LogP contribution is -2.35. The molecule has 0 aliphatic carbocycles. The Morgan fingerprint density at radius 2 is 2.05 bits per heavy atom. The van der Waals surface area contributed by atoms with Gasteiger partial charge in [-0.3, -0.25) is 0 Å². The van der Waals surface area contributed by atoms with Gasteiger partial charge in [-0.1, -0.05) is 23.5 Å². The van der Waals surface area contributed by atoms with Gasteiger partial charge in [-0.15, -0.1) is 10.2 Å². The smallest absolute Gasteiger partial charge is 0.149 e. The summed E-state index contributed by atoms with van der Waals surface area (Å²) < 4.78 is 13.9. The average Bonchev–Trinajstić information content (AvgIpc) is 2.78. The third kappa shape index (κ3) is 3.81. The summed E-state index contributed by atoms with van der Waals surface area (Å²) in [5.41, 5.74) is 0.769. The highest BCUT2D eigenvalue weighted by molar-refractivity contribution is 9.10. The Hall–Kier alpha value is -0.850. The zero-order chi connectivity index (χ0) is 14.0. The Morgan fingerprint density at radius 1 is 1.32 bits per heavy atom. The lowest BCUT2D eigenvalue weighted by Gasteiger charge is -2.19. The van der Waals surface area contributed by atoms with Crippen molar-refractivity contribution in [2.45, 2.75) is 32.9 Å². The van der Waals surface area contributed by atoms with Crippen molar-refractivity contribution in [3.8, 4) is 10.6 Å². The van der Waals surface area contributed by atoms with Crippen LogP contribution in [0.15, 0.2) is 22.7 Å². The van der Waals surface area contributed by atoms with Crippen molar-refractivity contribution in [3.05, 3.63) is 33.5 Å². The zero-order valence-electron chi connectivity index (χ0n) is 11.0. The van der Waals surface area contributed by atoms with Crippen LogP contribution in [0.4, 0.5) is 4.39 Å². The summed E-state index contributed by atoms with van der Waals surface area (Å²) in [6.07, 6.45) is 0. The number of aromatic nitrogens is 2. The first-order valence-corrected chi connectivity index (χ1v) is 7.49. The van der Waals surface area contributed by atoms with Crippen LogP contribution >= 0.6 is 27.3 Å². The van der Waals surface area contributed by atoms with Gasteiger partial charge >= 0.3 is 0 Å². The Morgan fingerprint density at radius 3 is 2.74 bits per heavy atom. The van der Waals surface area contributed by atoms with Crippen LogP contribution in [0.25, 0.3) is 10.6 Å². The Balaban J connectivity index is 2.19. The van der Waals surface area contributed by atoms with E-state index >= 15 is 0 Å². The second kappa shape index (κ2) is 5.64. The molecule has 1 aromatic carbocycles. The van der Waals surface area contributed by atoms with E-state index in [0.717, 1.165) is 15.6 Å². The Kier molecular flexibility index (Phi) is 4.32. The predicted octanol–water partition coefficient (Wildman–Crippen LogP) is 3.99. The molecule has 0 bridgehead atoms. The molecule has 1 aromatic heterocycles. The van der Waals surface area contributed by atoms with Gasteiger partial charge in [0.25, 0.3) is 0 Å². The van der Waals surface area contributed by atoms with Crippen molar-refractivity contribution in [2.75, 3.05) is 0 Å². The lowest BCUT2D eigenvalue weighted by molar-refractivity contribution is 0.423. The average molecular weight is 344 g/mol. The molecular weight excluding hydrogens is 329 g/mol. The van der Waals surface area contributed by atoms with Crippen molar-refractivity contribution in [3.63, 3.8) is 0 Å². The molecule has 2 aromatic rings. The standard InChI is InChI=1S/C13H15BrFN3S/c1-13(2,3)16-7-10-17-18-12(19-10)8-5-4-6-9(15)11(8)14/h4-6,16H,7H2,1-3H3. The fraction of sp³-hybridized carbons (Fsp3) is 0.385. The van der Waals surface area contributed by atoms with Gasteiger partial charge in [0, 0.05) is 11.1 Å². The quantitative estimate of drug-likeness (QED) is 0.915. The van der Waals surface area contributed by atoms with Crippen molar-refractivity contribution in [2.24, 2.45) is 0 Å². The van der Waals surface area contributed by atoms with E-state index in [0.29, 0.717) is 11.0 Å². The molecule has 0 spiro atoms. The van der Waals surface area contributed by atoms with Crippen LogP contribution in [0.2, 0.25) is 0 Å². The monoisotopic (exact) mass is 343 g/mol. The van der Waals surface area contributed by atoms with Crippen LogP contribution in [-0.4, -0.2) is 15.7 Å². The SMILES string of the molecule is CC(C)(C)NCc1nnc(-c2cccc(F)c2Br)s1. The third-order valence-corrected chi connectivity index (χ3v) is 4.18. The molecule has 0 unspecified atom stereocenters. The molecule has 0 aliphatic heterocycles. The minimum Gasteiger partial charge on any atom is -0.306 e. The normalized spacial score (nSPS) is 11.8. The van der Waals surface area contributed by atoms with E-state index in [1.807, 2.05) is 6.07 Å². The summed E-state index contributed by atoms with van der Waals surface area (Å²) in [5.74, 6) is -0.290. The van der Waals surface area contributed by atoms with Gasteiger partial charge in [-0.2, -0.15) is 0 Å². The molecule has 0 fully saturated rings. The minimum atomic E-state index is -0.290. The molecule has 6 heteroatoms. The van der Waals surface area contributed by atoms with E-state index in [2.05, 4.69) is 52.2 Å². The maximum Gasteiger partial charge on any atom is 0.149 e. The van der Waals surface area contributed by atoms with E-state index in [9.17, 15) is 4.39 Å². The van der Waals surface area contributed by atoms with Crippen LogP contribution in [0.3, 0.4) is 0 Å². The lowest BCUT2D eigenvalue weighted by atomic mass is 10.1. The summed E-state index contributed by atoms with van der Waals surface area (Å²) in [5, 5.41) is 13.2. The van der Waals surface area contributed by atoms with Gasteiger partial charge in [-0.05, 0) is 42.8 Å². The van der Waals surface area contributed by atoms with Crippen molar-refractivity contribution < 1.29 is 4.39 Å². The molecule has 3 nitrogen and oxygen atoms in total.